The SMILES string of the molecule is COc1ccc(NC(=O)C[C@H]2Sc3ccc(C(F)(F)F)cc3NC2=O)cc1. The summed E-state index contributed by atoms with van der Waals surface area (Å²) in [6.45, 7) is 0. The highest BCUT2D eigenvalue weighted by Crippen LogP contribution is 2.40. The topological polar surface area (TPSA) is 67.4 Å². The largest absolute Gasteiger partial charge is 0.497 e. The van der Waals surface area contributed by atoms with Crippen LogP contribution < -0.4 is 15.4 Å². The predicted molar refractivity (Wildman–Crippen MR) is 96.0 cm³/mol. The van der Waals surface area contributed by atoms with E-state index in [-0.39, 0.29) is 18.0 Å². The molecule has 0 saturated heterocycles. The second kappa shape index (κ2) is 7.51. The second-order valence-electron chi connectivity index (χ2n) is 5.79. The van der Waals surface area contributed by atoms with Crippen molar-refractivity contribution in [2.75, 3.05) is 17.7 Å². The summed E-state index contributed by atoms with van der Waals surface area (Å²) in [5, 5.41) is 4.40. The first-order valence-corrected chi connectivity index (χ1v) is 8.77. The molecule has 0 unspecified atom stereocenters. The molecule has 1 aliphatic rings. The van der Waals surface area contributed by atoms with Gasteiger partial charge < -0.3 is 15.4 Å². The number of thioether (sulfide) groups is 1. The highest BCUT2D eigenvalue weighted by atomic mass is 32.2. The number of hydrogen-bond acceptors (Lipinski definition) is 4. The maximum Gasteiger partial charge on any atom is 0.416 e. The van der Waals surface area contributed by atoms with Gasteiger partial charge in [0, 0.05) is 17.0 Å². The molecule has 5 nitrogen and oxygen atoms in total. The molecule has 2 aromatic carbocycles. The number of anilines is 2. The Morgan fingerprint density at radius 2 is 1.93 bits per heavy atom. The minimum Gasteiger partial charge on any atom is -0.497 e. The number of methoxy groups -OCH3 is 1. The van der Waals surface area contributed by atoms with E-state index in [1.165, 1.54) is 13.2 Å². The Balaban J connectivity index is 1.66. The zero-order valence-electron chi connectivity index (χ0n) is 14.1. The molecule has 2 aromatic rings. The number of carbonyl (C=O) groups excluding carboxylic acids is 2. The van der Waals surface area contributed by atoms with Crippen LogP contribution in [0, 0.1) is 0 Å². The zero-order chi connectivity index (χ0) is 19.6. The van der Waals surface area contributed by atoms with E-state index in [4.69, 9.17) is 4.74 Å². The van der Waals surface area contributed by atoms with Gasteiger partial charge in [-0.05, 0) is 42.5 Å². The van der Waals surface area contributed by atoms with E-state index in [0.717, 1.165) is 23.9 Å². The first-order valence-electron chi connectivity index (χ1n) is 7.89. The number of ether oxygens (including phenoxy) is 1. The predicted octanol–water partition coefficient (Wildman–Crippen LogP) is 4.16. The lowest BCUT2D eigenvalue weighted by atomic mass is 10.1. The average Bonchev–Trinajstić information content (AvgIpc) is 2.61. The smallest absolute Gasteiger partial charge is 0.416 e. The Bertz CT molecular complexity index is 869. The monoisotopic (exact) mass is 396 g/mol. The normalized spacial score (nSPS) is 16.3. The van der Waals surface area contributed by atoms with Gasteiger partial charge in [0.1, 0.15) is 5.75 Å². The molecule has 2 N–H and O–H groups in total. The Hall–Kier alpha value is -2.68. The molecule has 0 aromatic heterocycles. The van der Waals surface area contributed by atoms with Gasteiger partial charge >= 0.3 is 6.18 Å². The van der Waals surface area contributed by atoms with Crippen molar-refractivity contribution < 1.29 is 27.5 Å². The number of carbonyl (C=O) groups is 2. The molecule has 2 amide bonds. The van der Waals surface area contributed by atoms with Crippen LogP contribution in [0.3, 0.4) is 0 Å². The van der Waals surface area contributed by atoms with Crippen LogP contribution in [-0.4, -0.2) is 24.2 Å². The van der Waals surface area contributed by atoms with Gasteiger partial charge in [0.2, 0.25) is 11.8 Å². The summed E-state index contributed by atoms with van der Waals surface area (Å²) in [7, 11) is 1.53. The van der Waals surface area contributed by atoms with Crippen molar-refractivity contribution in [3.8, 4) is 5.75 Å². The molecule has 3 rings (SSSR count). The van der Waals surface area contributed by atoms with Crippen LogP contribution in [0.15, 0.2) is 47.4 Å². The summed E-state index contributed by atoms with van der Waals surface area (Å²) in [6.07, 6.45) is -4.59. The lowest BCUT2D eigenvalue weighted by Crippen LogP contribution is -2.32. The molecule has 1 aliphatic heterocycles. The van der Waals surface area contributed by atoms with Gasteiger partial charge in [-0.15, -0.1) is 11.8 Å². The molecule has 0 radical (unpaired) electrons. The Kier molecular flexibility index (Phi) is 5.31. The maximum atomic E-state index is 12.8. The van der Waals surface area contributed by atoms with Crippen molar-refractivity contribution in [2.24, 2.45) is 0 Å². The van der Waals surface area contributed by atoms with Crippen molar-refractivity contribution in [3.05, 3.63) is 48.0 Å². The van der Waals surface area contributed by atoms with Crippen LogP contribution in [0.1, 0.15) is 12.0 Å². The fourth-order valence-electron chi connectivity index (χ4n) is 2.52. The quantitative estimate of drug-likeness (QED) is 0.815. The third kappa shape index (κ3) is 4.54. The molecule has 1 heterocycles. The third-order valence-corrected chi connectivity index (χ3v) is 5.15. The van der Waals surface area contributed by atoms with E-state index in [9.17, 15) is 22.8 Å². The minimum absolute atomic E-state index is 0.103. The number of amides is 2. The fourth-order valence-corrected chi connectivity index (χ4v) is 3.61. The number of nitrogens with one attached hydrogen (secondary N) is 2. The Morgan fingerprint density at radius 1 is 1.22 bits per heavy atom. The summed E-state index contributed by atoms with van der Waals surface area (Å²) in [4.78, 5) is 24.9. The summed E-state index contributed by atoms with van der Waals surface area (Å²) in [5.74, 6) is -0.232. The highest BCUT2D eigenvalue weighted by Gasteiger charge is 2.34. The molecule has 0 fully saturated rings. The molecule has 9 heteroatoms. The zero-order valence-corrected chi connectivity index (χ0v) is 14.9. The van der Waals surface area contributed by atoms with Gasteiger partial charge in [0.15, 0.2) is 0 Å². The number of alkyl halides is 3. The first-order chi connectivity index (χ1) is 12.8. The Morgan fingerprint density at radius 3 is 2.56 bits per heavy atom. The summed E-state index contributed by atoms with van der Waals surface area (Å²) < 4.78 is 43.4. The summed E-state index contributed by atoms with van der Waals surface area (Å²) >= 11 is 1.07. The van der Waals surface area contributed by atoms with E-state index in [1.807, 2.05) is 0 Å². The summed E-state index contributed by atoms with van der Waals surface area (Å²) in [6, 6.07) is 9.86. The van der Waals surface area contributed by atoms with E-state index in [0.29, 0.717) is 16.3 Å². The van der Waals surface area contributed by atoms with Gasteiger partial charge in [0.25, 0.3) is 0 Å². The number of halogens is 3. The molecule has 142 valence electrons. The Labute approximate surface area is 157 Å². The number of fused-ring (bicyclic) bond motifs is 1. The van der Waals surface area contributed by atoms with Crippen LogP contribution in [0.5, 0.6) is 5.75 Å². The van der Waals surface area contributed by atoms with Crippen molar-refractivity contribution in [2.45, 2.75) is 22.7 Å². The standard InChI is InChI=1S/C18H15F3N2O3S/c1-26-12-5-3-11(4-6-12)22-16(24)9-15-17(25)23-13-8-10(18(19,20)21)2-7-14(13)27-15/h2-8,15H,9H2,1H3,(H,22,24)(H,23,25)/t15-/m1/s1. The number of hydrogen-bond donors (Lipinski definition) is 2. The maximum absolute atomic E-state index is 12.8. The molecule has 0 bridgehead atoms. The van der Waals surface area contributed by atoms with E-state index >= 15 is 0 Å². The van der Waals surface area contributed by atoms with Crippen molar-refractivity contribution in [1.82, 2.24) is 0 Å². The average molecular weight is 396 g/mol. The minimum atomic E-state index is -4.49. The molecular weight excluding hydrogens is 381 g/mol. The lowest BCUT2D eigenvalue weighted by Gasteiger charge is -2.24. The van der Waals surface area contributed by atoms with E-state index in [1.54, 1.807) is 24.3 Å². The molecule has 0 aliphatic carbocycles. The lowest BCUT2D eigenvalue weighted by molar-refractivity contribution is -0.137. The second-order valence-corrected chi connectivity index (χ2v) is 7.03. The van der Waals surface area contributed by atoms with Crippen LogP contribution in [0.25, 0.3) is 0 Å². The van der Waals surface area contributed by atoms with E-state index in [2.05, 4.69) is 10.6 Å². The fraction of sp³-hybridized carbons (Fsp3) is 0.222. The van der Waals surface area contributed by atoms with Crippen LogP contribution in [0.4, 0.5) is 24.5 Å². The van der Waals surface area contributed by atoms with Crippen LogP contribution >= 0.6 is 11.8 Å². The van der Waals surface area contributed by atoms with Crippen molar-refractivity contribution in [3.63, 3.8) is 0 Å². The number of rotatable bonds is 4. The van der Waals surface area contributed by atoms with Gasteiger partial charge in [-0.2, -0.15) is 13.2 Å². The summed E-state index contributed by atoms with van der Waals surface area (Å²) in [5.41, 5.74) is -0.179. The van der Waals surface area contributed by atoms with Crippen LogP contribution in [-0.2, 0) is 15.8 Å². The van der Waals surface area contributed by atoms with Crippen LogP contribution in [0.2, 0.25) is 0 Å². The van der Waals surface area contributed by atoms with Gasteiger partial charge in [0.05, 0.1) is 23.6 Å². The van der Waals surface area contributed by atoms with Crippen molar-refractivity contribution in [1.29, 1.82) is 0 Å². The molecule has 1 atom stereocenters. The molecular formula is C18H15F3N2O3S. The van der Waals surface area contributed by atoms with Crippen molar-refractivity contribution >= 4 is 35.0 Å². The van der Waals surface area contributed by atoms with Gasteiger partial charge in [-0.3, -0.25) is 9.59 Å². The van der Waals surface area contributed by atoms with Gasteiger partial charge in [-0.1, -0.05) is 0 Å². The molecule has 0 saturated carbocycles. The number of benzene rings is 2. The third-order valence-electron chi connectivity index (χ3n) is 3.87. The highest BCUT2D eigenvalue weighted by molar-refractivity contribution is 8.01. The molecule has 0 spiro atoms. The van der Waals surface area contributed by atoms with E-state index < -0.39 is 22.9 Å². The molecule has 27 heavy (non-hydrogen) atoms. The van der Waals surface area contributed by atoms with Gasteiger partial charge in [-0.25, -0.2) is 0 Å². The first kappa shape index (κ1) is 19.1.